The first-order valence-electron chi connectivity index (χ1n) is 8.09. The molecule has 3 rings (SSSR count). The van der Waals surface area contributed by atoms with Gasteiger partial charge in [-0.3, -0.25) is 14.5 Å². The van der Waals surface area contributed by atoms with Gasteiger partial charge in [0.25, 0.3) is 5.91 Å². The van der Waals surface area contributed by atoms with Gasteiger partial charge in [-0.25, -0.2) is 4.79 Å². The van der Waals surface area contributed by atoms with Crippen molar-refractivity contribution >= 4 is 34.1 Å². The maximum atomic E-state index is 12.3. The fraction of sp³-hybridized carbons (Fsp3) is 0.353. The molecule has 0 saturated carbocycles. The average molecular weight is 377 g/mol. The number of nitrogens with zero attached hydrogens (tertiary/aromatic N) is 2. The lowest BCUT2D eigenvalue weighted by molar-refractivity contribution is -0.117. The maximum Gasteiger partial charge on any atom is 0.340 e. The third-order valence-corrected chi connectivity index (χ3v) is 4.91. The van der Waals surface area contributed by atoms with Crippen LogP contribution < -0.4 is 5.32 Å². The summed E-state index contributed by atoms with van der Waals surface area (Å²) in [5.41, 5.74) is 0.347. The first-order chi connectivity index (χ1) is 12.6. The minimum absolute atomic E-state index is 0.139. The zero-order chi connectivity index (χ0) is 18.5. The molecule has 0 atom stereocenters. The molecule has 2 aromatic heterocycles. The molecule has 0 aliphatic carbocycles. The van der Waals surface area contributed by atoms with Crippen LogP contribution in [0.25, 0.3) is 0 Å². The topological polar surface area (TPSA) is 92.1 Å². The Hall–Kier alpha value is -2.65. The van der Waals surface area contributed by atoms with Crippen molar-refractivity contribution in [3.05, 3.63) is 41.2 Å². The highest BCUT2D eigenvalue weighted by molar-refractivity contribution is 7.14. The molecule has 2 amide bonds. The second kappa shape index (κ2) is 8.15. The average Bonchev–Trinajstić information content (AvgIpc) is 3.33. The first-order valence-corrected chi connectivity index (χ1v) is 8.97. The number of piperazine rings is 1. The highest BCUT2D eigenvalue weighted by Gasteiger charge is 2.25. The quantitative estimate of drug-likeness (QED) is 0.795. The lowest BCUT2D eigenvalue weighted by Gasteiger charge is -2.33. The van der Waals surface area contributed by atoms with E-state index < -0.39 is 5.97 Å². The van der Waals surface area contributed by atoms with Crippen molar-refractivity contribution in [1.82, 2.24) is 9.80 Å². The molecule has 8 nitrogen and oxygen atoms in total. The maximum absolute atomic E-state index is 12.3. The molecule has 3 heterocycles. The highest BCUT2D eigenvalue weighted by Crippen LogP contribution is 2.23. The summed E-state index contributed by atoms with van der Waals surface area (Å²) in [5.74, 6) is -0.500. The lowest BCUT2D eigenvalue weighted by atomic mass is 10.2. The van der Waals surface area contributed by atoms with Gasteiger partial charge in [0.15, 0.2) is 5.76 Å². The van der Waals surface area contributed by atoms with Crippen molar-refractivity contribution in [3.63, 3.8) is 0 Å². The van der Waals surface area contributed by atoms with Crippen LogP contribution in [0, 0.1) is 0 Å². The predicted octanol–water partition coefficient (Wildman–Crippen LogP) is 1.52. The van der Waals surface area contributed by atoms with E-state index in [0.717, 1.165) is 0 Å². The lowest BCUT2D eigenvalue weighted by Crippen LogP contribution is -2.50. The molecule has 9 heteroatoms. The van der Waals surface area contributed by atoms with E-state index in [1.165, 1.54) is 24.7 Å². The SMILES string of the molecule is COC(=O)c1ccsc1NC(=O)CN1CCN(C(=O)c2ccco2)CC1. The monoisotopic (exact) mass is 377 g/mol. The molecule has 0 unspecified atom stereocenters. The van der Waals surface area contributed by atoms with E-state index in [2.05, 4.69) is 5.32 Å². The Labute approximate surface area is 154 Å². The van der Waals surface area contributed by atoms with E-state index in [-0.39, 0.29) is 18.4 Å². The van der Waals surface area contributed by atoms with E-state index in [4.69, 9.17) is 9.15 Å². The van der Waals surface area contributed by atoms with Gasteiger partial charge in [-0.15, -0.1) is 11.3 Å². The van der Waals surface area contributed by atoms with E-state index in [1.54, 1.807) is 28.5 Å². The van der Waals surface area contributed by atoms with Crippen LogP contribution in [0.5, 0.6) is 0 Å². The Morgan fingerprint density at radius 3 is 2.65 bits per heavy atom. The summed E-state index contributed by atoms with van der Waals surface area (Å²) in [7, 11) is 1.30. The second-order valence-electron chi connectivity index (χ2n) is 5.75. The molecule has 0 bridgehead atoms. The number of hydrogen-bond donors (Lipinski definition) is 1. The second-order valence-corrected chi connectivity index (χ2v) is 6.66. The normalized spacial score (nSPS) is 14.9. The summed E-state index contributed by atoms with van der Waals surface area (Å²) in [6.45, 7) is 2.43. The Morgan fingerprint density at radius 1 is 1.23 bits per heavy atom. The fourth-order valence-electron chi connectivity index (χ4n) is 2.71. The standard InChI is InChI=1S/C17H19N3O5S/c1-24-17(23)12-4-10-26-15(12)18-14(21)11-19-5-7-20(8-6-19)16(22)13-3-2-9-25-13/h2-4,9-10H,5-8,11H2,1H3,(H,18,21). The van der Waals surface area contributed by atoms with Crippen molar-refractivity contribution in [2.75, 3.05) is 45.2 Å². The molecular weight excluding hydrogens is 358 g/mol. The Bertz CT molecular complexity index is 778. The third kappa shape index (κ3) is 4.12. The number of carbonyl (C=O) groups is 3. The van der Waals surface area contributed by atoms with Crippen LogP contribution in [-0.4, -0.2) is 67.4 Å². The molecule has 0 spiro atoms. The molecule has 1 aliphatic heterocycles. The largest absolute Gasteiger partial charge is 0.465 e. The van der Waals surface area contributed by atoms with E-state index in [9.17, 15) is 14.4 Å². The van der Waals surface area contributed by atoms with Gasteiger partial charge < -0.3 is 19.4 Å². The molecule has 26 heavy (non-hydrogen) atoms. The summed E-state index contributed by atoms with van der Waals surface area (Å²) >= 11 is 1.27. The summed E-state index contributed by atoms with van der Waals surface area (Å²) in [6, 6.07) is 4.94. The summed E-state index contributed by atoms with van der Waals surface area (Å²) < 4.78 is 9.83. The van der Waals surface area contributed by atoms with Crippen molar-refractivity contribution < 1.29 is 23.5 Å². The zero-order valence-electron chi connectivity index (χ0n) is 14.3. The van der Waals surface area contributed by atoms with Gasteiger partial charge in [0.05, 0.1) is 25.5 Å². The number of rotatable bonds is 5. The van der Waals surface area contributed by atoms with Gasteiger partial charge >= 0.3 is 5.97 Å². The highest BCUT2D eigenvalue weighted by atomic mass is 32.1. The molecular formula is C17H19N3O5S. The van der Waals surface area contributed by atoms with Crippen molar-refractivity contribution in [2.45, 2.75) is 0 Å². The molecule has 1 saturated heterocycles. The zero-order valence-corrected chi connectivity index (χ0v) is 15.1. The summed E-state index contributed by atoms with van der Waals surface area (Å²) in [4.78, 5) is 39.8. The van der Waals surface area contributed by atoms with Crippen LogP contribution in [0.1, 0.15) is 20.9 Å². The third-order valence-electron chi connectivity index (χ3n) is 4.08. The van der Waals surface area contributed by atoms with E-state index >= 15 is 0 Å². The van der Waals surface area contributed by atoms with E-state index in [1.807, 2.05) is 4.90 Å². The van der Waals surface area contributed by atoms with Crippen LogP contribution in [0.3, 0.4) is 0 Å². The van der Waals surface area contributed by atoms with Gasteiger partial charge in [0.2, 0.25) is 5.91 Å². The number of ether oxygens (including phenoxy) is 1. The molecule has 1 aliphatic rings. The Morgan fingerprint density at radius 2 is 2.00 bits per heavy atom. The van der Waals surface area contributed by atoms with Crippen LogP contribution in [0.2, 0.25) is 0 Å². The van der Waals surface area contributed by atoms with Gasteiger partial charge in [0, 0.05) is 26.2 Å². The van der Waals surface area contributed by atoms with Crippen molar-refractivity contribution in [3.8, 4) is 0 Å². The number of furan rings is 1. The number of thiophene rings is 1. The smallest absolute Gasteiger partial charge is 0.340 e. The van der Waals surface area contributed by atoms with Crippen LogP contribution in [-0.2, 0) is 9.53 Å². The van der Waals surface area contributed by atoms with Crippen LogP contribution in [0.15, 0.2) is 34.3 Å². The molecule has 0 radical (unpaired) electrons. The van der Waals surface area contributed by atoms with Crippen LogP contribution in [0.4, 0.5) is 5.00 Å². The van der Waals surface area contributed by atoms with E-state index in [0.29, 0.717) is 42.5 Å². The molecule has 138 valence electrons. The molecule has 1 N–H and O–H groups in total. The Balaban J connectivity index is 1.49. The van der Waals surface area contributed by atoms with Crippen molar-refractivity contribution in [1.29, 1.82) is 0 Å². The minimum atomic E-state index is -0.480. The number of carbonyl (C=O) groups excluding carboxylic acids is 3. The summed E-state index contributed by atoms with van der Waals surface area (Å²) in [6.07, 6.45) is 1.47. The number of esters is 1. The molecule has 2 aromatic rings. The molecule has 1 fully saturated rings. The number of amides is 2. The number of hydrogen-bond acceptors (Lipinski definition) is 7. The van der Waals surface area contributed by atoms with Gasteiger partial charge in [-0.05, 0) is 23.6 Å². The fourth-order valence-corrected chi connectivity index (χ4v) is 3.50. The minimum Gasteiger partial charge on any atom is -0.465 e. The predicted molar refractivity (Wildman–Crippen MR) is 95.3 cm³/mol. The number of anilines is 1. The molecule has 0 aromatic carbocycles. The van der Waals surface area contributed by atoms with Gasteiger partial charge in [0.1, 0.15) is 5.00 Å². The van der Waals surface area contributed by atoms with Crippen molar-refractivity contribution in [2.24, 2.45) is 0 Å². The van der Waals surface area contributed by atoms with Gasteiger partial charge in [-0.2, -0.15) is 0 Å². The van der Waals surface area contributed by atoms with Crippen LogP contribution >= 0.6 is 11.3 Å². The Kier molecular flexibility index (Phi) is 5.69. The number of methoxy groups -OCH3 is 1. The summed E-state index contributed by atoms with van der Waals surface area (Å²) in [5, 5.41) is 4.95. The number of nitrogens with one attached hydrogen (secondary N) is 1. The van der Waals surface area contributed by atoms with Gasteiger partial charge in [-0.1, -0.05) is 0 Å². The first kappa shape index (κ1) is 18.2.